The highest BCUT2D eigenvalue weighted by Crippen LogP contribution is 2.45. The van der Waals surface area contributed by atoms with E-state index in [1.165, 1.54) is 180 Å². The van der Waals surface area contributed by atoms with Crippen LogP contribution in [0.4, 0.5) is 0 Å². The van der Waals surface area contributed by atoms with Gasteiger partial charge < -0.3 is 34.2 Å². The minimum atomic E-state index is -4.93. The molecule has 5 unspecified atom stereocenters. The van der Waals surface area contributed by atoms with Crippen molar-refractivity contribution in [1.82, 2.24) is 0 Å². The van der Waals surface area contributed by atoms with E-state index in [1.807, 2.05) is 0 Å². The lowest BCUT2D eigenvalue weighted by Gasteiger charge is -2.21. The third kappa shape index (κ3) is 81.0. The second kappa shape index (κ2) is 79.8. The molecule has 0 aliphatic carbocycles. The first kappa shape index (κ1) is 101. The molecule has 18 heteroatoms. The van der Waals surface area contributed by atoms with Gasteiger partial charge in [0.2, 0.25) is 0 Å². The Morgan fingerprint density at radius 2 is 0.505 bits per heavy atom. The van der Waals surface area contributed by atoms with Crippen molar-refractivity contribution in [3.8, 4) is 0 Å². The normalized spacial score (nSPS) is 14.5. The number of ether oxygens (including phenoxy) is 3. The highest BCUT2D eigenvalue weighted by atomic mass is 31.2. The van der Waals surface area contributed by atoms with Crippen LogP contribution in [0, 0.1) is 0 Å². The van der Waals surface area contributed by atoms with Gasteiger partial charge in [0.15, 0.2) is 6.10 Å². The van der Waals surface area contributed by atoms with Crippen LogP contribution in [0.2, 0.25) is 0 Å². The summed E-state index contributed by atoms with van der Waals surface area (Å²) in [5.74, 6) is -1.58. The molecule has 16 nitrogen and oxygen atoms in total. The second-order valence-electron chi connectivity index (χ2n) is 28.3. The van der Waals surface area contributed by atoms with Gasteiger partial charge in [0.25, 0.3) is 0 Å². The van der Waals surface area contributed by atoms with Crippen LogP contribution >= 0.6 is 15.6 Å². The average molecular weight is 1520 g/mol. The van der Waals surface area contributed by atoms with Gasteiger partial charge in [-0.3, -0.25) is 32.5 Å². The number of hydrogen-bond donors (Lipinski definition) is 4. The van der Waals surface area contributed by atoms with Gasteiger partial charge in [-0.25, -0.2) is 9.13 Å². The summed E-state index contributed by atoms with van der Waals surface area (Å²) < 4.78 is 61.2. The molecule has 0 fully saturated rings. The first-order valence-corrected chi connectivity index (χ1v) is 45.2. The summed E-state index contributed by atoms with van der Waals surface area (Å²) in [6, 6.07) is 0. The average Bonchev–Trinajstić information content (AvgIpc) is 1.03. The maximum absolute atomic E-state index is 13.0. The molecule has 0 aromatic rings. The number of rotatable bonds is 80. The molecule has 0 aliphatic heterocycles. The topological polar surface area (TPSA) is 231 Å². The fourth-order valence-corrected chi connectivity index (χ4v) is 13.2. The van der Waals surface area contributed by atoms with Crippen molar-refractivity contribution in [1.29, 1.82) is 0 Å². The Balaban J connectivity index is 4.37. The Bertz CT molecular complexity index is 2340. The Morgan fingerprint density at radius 1 is 0.276 bits per heavy atom. The zero-order valence-electron chi connectivity index (χ0n) is 66.6. The molecule has 105 heavy (non-hydrogen) atoms. The number of unbranched alkanes of at least 4 members (excludes halogenated alkanes) is 39. The van der Waals surface area contributed by atoms with Gasteiger partial charge in [0.1, 0.15) is 25.4 Å². The summed E-state index contributed by atoms with van der Waals surface area (Å²) >= 11 is 0. The number of allylic oxidation sites excluding steroid dienone is 18. The molecule has 0 amide bonds. The minimum absolute atomic E-state index is 0.104. The van der Waals surface area contributed by atoms with Gasteiger partial charge in [0, 0.05) is 19.3 Å². The zero-order chi connectivity index (χ0) is 76.6. The van der Waals surface area contributed by atoms with Crippen molar-refractivity contribution in [2.24, 2.45) is 0 Å². The molecule has 0 bridgehead atoms. The Kier molecular flexibility index (Phi) is 76.9. The highest BCUT2D eigenvalue weighted by molar-refractivity contribution is 7.47. The monoisotopic (exact) mass is 1520 g/mol. The Morgan fingerprint density at radius 3 is 0.819 bits per heavy atom. The van der Waals surface area contributed by atoms with Crippen LogP contribution in [-0.4, -0.2) is 95.9 Å². The quantitative estimate of drug-likeness (QED) is 0.0146. The Hall–Kier alpha value is -3.79. The fraction of sp³-hybridized carbons (Fsp3) is 0.759. The van der Waals surface area contributed by atoms with E-state index in [2.05, 4.69) is 130 Å². The van der Waals surface area contributed by atoms with E-state index in [-0.39, 0.29) is 19.3 Å². The van der Waals surface area contributed by atoms with Crippen molar-refractivity contribution >= 4 is 33.6 Å². The first-order chi connectivity index (χ1) is 51.2. The predicted molar refractivity (Wildman–Crippen MR) is 436 cm³/mol. The SMILES string of the molecule is CC/C=C\C/C=C\C/C=C\C/C=C\C/C=C\CCCCCCCCCCCCCCCCCCCCCC(=O)OCC(O)COP(=O)(O)OCC(O)COP(=O)(O)OCC(COC(=O)CCCCCCC/C=C\C/C=C\C/C=C\C/C=C\CCCCC)OC(=O)CCCCCCCCCCCCCCC. The van der Waals surface area contributed by atoms with Gasteiger partial charge in [-0.2, -0.15) is 0 Å². The van der Waals surface area contributed by atoms with Gasteiger partial charge in [-0.15, -0.1) is 0 Å². The van der Waals surface area contributed by atoms with E-state index < -0.39 is 91.5 Å². The third-order valence-electron chi connectivity index (χ3n) is 18.0. The van der Waals surface area contributed by atoms with E-state index in [0.717, 1.165) is 128 Å². The van der Waals surface area contributed by atoms with Gasteiger partial charge >= 0.3 is 33.6 Å². The van der Waals surface area contributed by atoms with Gasteiger partial charge in [0.05, 0.1) is 26.4 Å². The van der Waals surface area contributed by atoms with Crippen LogP contribution < -0.4 is 0 Å². The fourth-order valence-electron chi connectivity index (χ4n) is 11.6. The summed E-state index contributed by atoms with van der Waals surface area (Å²) in [6.45, 7) is 2.56. The number of aliphatic hydroxyl groups excluding tert-OH is 2. The van der Waals surface area contributed by atoms with E-state index in [1.54, 1.807) is 0 Å². The van der Waals surface area contributed by atoms with E-state index in [4.69, 9.17) is 32.3 Å². The number of carbonyl (C=O) groups excluding carboxylic acids is 3. The number of esters is 3. The number of phosphoric ester groups is 2. The van der Waals surface area contributed by atoms with E-state index in [0.29, 0.717) is 19.3 Å². The van der Waals surface area contributed by atoms with Gasteiger partial charge in [-0.1, -0.05) is 348 Å². The number of aliphatic hydroxyl groups is 2. The predicted octanol–water partition coefficient (Wildman–Crippen LogP) is 25.1. The van der Waals surface area contributed by atoms with Crippen LogP contribution in [0.3, 0.4) is 0 Å². The molecule has 4 N–H and O–H groups in total. The summed E-state index contributed by atoms with van der Waals surface area (Å²) in [4.78, 5) is 58.7. The van der Waals surface area contributed by atoms with Crippen LogP contribution in [0.5, 0.6) is 0 Å². The first-order valence-electron chi connectivity index (χ1n) is 42.2. The van der Waals surface area contributed by atoms with Crippen molar-refractivity contribution < 1.29 is 75.8 Å². The summed E-state index contributed by atoms with van der Waals surface area (Å²) in [5.41, 5.74) is 0. The van der Waals surface area contributed by atoms with E-state index in [9.17, 15) is 43.5 Å². The molecular weight excluding hydrogens is 1360 g/mol. The smallest absolute Gasteiger partial charge is 0.463 e. The van der Waals surface area contributed by atoms with E-state index >= 15 is 0 Å². The number of carbonyl (C=O) groups is 3. The number of phosphoric acid groups is 2. The van der Waals surface area contributed by atoms with Crippen molar-refractivity contribution in [3.05, 3.63) is 109 Å². The molecule has 0 radical (unpaired) electrons. The summed E-state index contributed by atoms with van der Waals surface area (Å²) in [7, 11) is -9.79. The molecule has 0 rings (SSSR count). The maximum Gasteiger partial charge on any atom is 0.472 e. The molecule has 0 aromatic heterocycles. The zero-order valence-corrected chi connectivity index (χ0v) is 68.4. The largest absolute Gasteiger partial charge is 0.472 e. The molecule has 0 aliphatic rings. The van der Waals surface area contributed by atoms with Crippen molar-refractivity contribution in [2.75, 3.05) is 39.6 Å². The lowest BCUT2D eigenvalue weighted by Crippen LogP contribution is -2.30. The second-order valence-corrected chi connectivity index (χ2v) is 31.2. The summed E-state index contributed by atoms with van der Waals surface area (Å²) in [5, 5.41) is 20.7. The standard InChI is InChI=1S/C87H154O16P2/c1-4-7-10-13-16-19-22-25-27-29-31-33-34-35-36-37-38-39-40-41-42-43-44-45-46-48-50-51-53-56-58-61-64-67-70-73-85(90)97-76-82(88)77-99-104(93,94)100-78-83(89)79-101-105(95,96)102-81-84(103-87(92)75-72-69-66-63-60-55-24-21-18-15-12-9-6-3)80-98-86(91)74-71-68-65-62-59-57-54-52-49-47-32-30-28-26-23-20-17-14-11-8-5-2/h7,10,16-17,19-20,25-28,31-33,35-36,47,52,54,82-84,88-89H,4-6,8-9,11-15,18,21-24,29-30,34,37-46,48-51,53,55-81H2,1-3H3,(H,93,94)(H,95,96)/b10-7-,19-16-,20-17-,27-25-,28-26-,33-31-,36-35-,47-32-,54-52-. The van der Waals surface area contributed by atoms with Crippen molar-refractivity contribution in [2.45, 2.75) is 386 Å². The highest BCUT2D eigenvalue weighted by Gasteiger charge is 2.29. The number of hydrogen-bond acceptors (Lipinski definition) is 14. The van der Waals surface area contributed by atoms with Crippen LogP contribution in [0.15, 0.2) is 109 Å². The third-order valence-corrected chi connectivity index (χ3v) is 19.9. The molecule has 0 aromatic carbocycles. The maximum atomic E-state index is 13.0. The minimum Gasteiger partial charge on any atom is -0.463 e. The molecular formula is C87H154O16P2. The van der Waals surface area contributed by atoms with Gasteiger partial charge in [-0.05, 0) is 109 Å². The molecule has 0 spiro atoms. The molecule has 0 heterocycles. The van der Waals surface area contributed by atoms with Crippen LogP contribution in [0.25, 0.3) is 0 Å². The molecule has 5 atom stereocenters. The lowest BCUT2D eigenvalue weighted by atomic mass is 10.0. The molecule has 0 saturated carbocycles. The lowest BCUT2D eigenvalue weighted by molar-refractivity contribution is -0.161. The van der Waals surface area contributed by atoms with Crippen LogP contribution in [-0.2, 0) is 55.8 Å². The molecule has 608 valence electrons. The molecule has 0 saturated heterocycles. The summed E-state index contributed by atoms with van der Waals surface area (Å²) in [6.07, 6.45) is 94.4. The van der Waals surface area contributed by atoms with Crippen LogP contribution in [0.1, 0.15) is 367 Å². The Labute approximate surface area is 640 Å². The van der Waals surface area contributed by atoms with Crippen molar-refractivity contribution in [3.63, 3.8) is 0 Å².